The van der Waals surface area contributed by atoms with Crippen molar-refractivity contribution in [3.63, 3.8) is 0 Å². The van der Waals surface area contributed by atoms with Gasteiger partial charge in [-0.2, -0.15) is 5.10 Å². The van der Waals surface area contributed by atoms with E-state index in [-0.39, 0.29) is 6.61 Å². The first-order chi connectivity index (χ1) is 11.0. The molecule has 0 unspecified atom stereocenters. The van der Waals surface area contributed by atoms with Gasteiger partial charge in [-0.1, -0.05) is 40.9 Å². The van der Waals surface area contributed by atoms with Crippen LogP contribution in [0, 0.1) is 0 Å². The molecule has 2 aromatic carbocycles. The third-order valence-corrected chi connectivity index (χ3v) is 4.03. The van der Waals surface area contributed by atoms with Gasteiger partial charge in [-0.05, 0) is 46.3 Å². The van der Waals surface area contributed by atoms with Crippen LogP contribution in [0.4, 0.5) is 0 Å². The quantitative estimate of drug-likeness (QED) is 0.533. The monoisotopic (exact) mass is 434 g/mol. The molecule has 2 aromatic rings. The molecule has 0 aromatic heterocycles. The molecule has 0 spiro atoms. The van der Waals surface area contributed by atoms with Crippen LogP contribution in [-0.2, 0) is 4.79 Å². The van der Waals surface area contributed by atoms with Crippen molar-refractivity contribution in [2.24, 2.45) is 5.10 Å². The van der Waals surface area contributed by atoms with E-state index in [4.69, 9.17) is 39.5 Å². The van der Waals surface area contributed by atoms with Gasteiger partial charge in [0.05, 0.1) is 15.7 Å². The Hall–Kier alpha value is -1.27. The largest absolute Gasteiger partial charge is 0.483 e. The van der Waals surface area contributed by atoms with Crippen molar-refractivity contribution in [3.8, 4) is 5.75 Å². The molecule has 0 aliphatic heterocycles. The lowest BCUT2D eigenvalue weighted by atomic mass is 10.2. The number of hydrogen-bond acceptors (Lipinski definition) is 3. The number of carbonyl (C=O) groups is 1. The summed E-state index contributed by atoms with van der Waals surface area (Å²) < 4.78 is 6.02. The lowest BCUT2D eigenvalue weighted by Crippen LogP contribution is -2.24. The second-order valence-electron chi connectivity index (χ2n) is 4.32. The number of amides is 1. The summed E-state index contributed by atoms with van der Waals surface area (Å²) in [7, 11) is 0. The molecule has 0 radical (unpaired) electrons. The Labute approximate surface area is 156 Å². The van der Waals surface area contributed by atoms with Crippen molar-refractivity contribution >= 4 is 62.9 Å². The molecule has 1 amide bonds. The maximum Gasteiger partial charge on any atom is 0.277 e. The molecule has 120 valence electrons. The first-order valence-corrected chi connectivity index (χ1v) is 8.23. The zero-order valence-electron chi connectivity index (χ0n) is 11.5. The van der Waals surface area contributed by atoms with Gasteiger partial charge in [0.1, 0.15) is 5.75 Å². The minimum atomic E-state index is -0.409. The fourth-order valence-corrected chi connectivity index (χ4v) is 2.80. The van der Waals surface area contributed by atoms with Gasteiger partial charge in [-0.15, -0.1) is 0 Å². The lowest BCUT2D eigenvalue weighted by Gasteiger charge is -2.07. The summed E-state index contributed by atoms with van der Waals surface area (Å²) in [5.41, 5.74) is 2.98. The molecule has 2 rings (SSSR count). The molecule has 0 fully saturated rings. The molecule has 0 saturated carbocycles. The first-order valence-electron chi connectivity index (χ1n) is 6.30. The molecule has 23 heavy (non-hydrogen) atoms. The summed E-state index contributed by atoms with van der Waals surface area (Å²) in [5.74, 6) is 0.0995. The van der Waals surface area contributed by atoms with Crippen LogP contribution in [0.3, 0.4) is 0 Å². The van der Waals surface area contributed by atoms with Gasteiger partial charge in [-0.3, -0.25) is 4.79 Å². The zero-order chi connectivity index (χ0) is 16.8. The van der Waals surface area contributed by atoms with E-state index in [0.29, 0.717) is 30.9 Å². The topological polar surface area (TPSA) is 50.7 Å². The number of nitrogens with zero attached hydrogens (tertiary/aromatic N) is 1. The highest BCUT2D eigenvalue weighted by atomic mass is 79.9. The number of hydrogen-bond donors (Lipinski definition) is 1. The molecule has 0 atom stereocenters. The van der Waals surface area contributed by atoms with Crippen LogP contribution in [-0.4, -0.2) is 18.7 Å². The Balaban J connectivity index is 1.86. The molecule has 4 nitrogen and oxygen atoms in total. The maximum absolute atomic E-state index is 11.7. The number of nitrogens with one attached hydrogen (secondary N) is 1. The SMILES string of the molecule is O=C(COc1ccc(Cl)cc1Br)NN=Cc1ccc(Cl)cc1Cl. The molecule has 0 bridgehead atoms. The Kier molecular flexibility index (Phi) is 6.72. The van der Waals surface area contributed by atoms with Crippen LogP contribution in [0.2, 0.25) is 15.1 Å². The fraction of sp³-hybridized carbons (Fsp3) is 0.0667. The first kappa shape index (κ1) is 18.1. The van der Waals surface area contributed by atoms with Gasteiger partial charge in [0.2, 0.25) is 0 Å². The van der Waals surface area contributed by atoms with Crippen LogP contribution in [0.25, 0.3) is 0 Å². The predicted octanol–water partition coefficient (Wildman–Crippen LogP) is 4.94. The van der Waals surface area contributed by atoms with E-state index in [1.807, 2.05) is 0 Å². The van der Waals surface area contributed by atoms with Crippen LogP contribution < -0.4 is 10.2 Å². The number of hydrazone groups is 1. The van der Waals surface area contributed by atoms with E-state index in [1.54, 1.807) is 36.4 Å². The van der Waals surface area contributed by atoms with Crippen LogP contribution in [0.5, 0.6) is 5.75 Å². The van der Waals surface area contributed by atoms with E-state index >= 15 is 0 Å². The van der Waals surface area contributed by atoms with Gasteiger partial charge in [-0.25, -0.2) is 5.43 Å². The number of carbonyl (C=O) groups excluding carboxylic acids is 1. The summed E-state index contributed by atoms with van der Waals surface area (Å²) in [6.45, 7) is -0.189. The summed E-state index contributed by atoms with van der Waals surface area (Å²) >= 11 is 20.9. The van der Waals surface area contributed by atoms with Crippen molar-refractivity contribution < 1.29 is 9.53 Å². The average Bonchev–Trinajstić information content (AvgIpc) is 2.48. The Morgan fingerprint density at radius 3 is 2.57 bits per heavy atom. The van der Waals surface area contributed by atoms with Crippen molar-refractivity contribution in [1.29, 1.82) is 0 Å². The van der Waals surface area contributed by atoms with Gasteiger partial charge in [0, 0.05) is 15.6 Å². The predicted molar refractivity (Wildman–Crippen MR) is 96.8 cm³/mol. The maximum atomic E-state index is 11.7. The highest BCUT2D eigenvalue weighted by Crippen LogP contribution is 2.27. The number of rotatable bonds is 5. The van der Waals surface area contributed by atoms with Crippen molar-refractivity contribution in [3.05, 3.63) is 61.5 Å². The van der Waals surface area contributed by atoms with E-state index in [0.717, 1.165) is 0 Å². The smallest absolute Gasteiger partial charge is 0.277 e. The molecule has 1 N–H and O–H groups in total. The lowest BCUT2D eigenvalue weighted by molar-refractivity contribution is -0.123. The van der Waals surface area contributed by atoms with Crippen LogP contribution in [0.1, 0.15) is 5.56 Å². The third kappa shape index (κ3) is 5.70. The molecular weight excluding hydrogens is 426 g/mol. The Morgan fingerprint density at radius 2 is 1.87 bits per heavy atom. The van der Waals surface area contributed by atoms with Crippen molar-refractivity contribution in [2.45, 2.75) is 0 Å². The van der Waals surface area contributed by atoms with E-state index in [9.17, 15) is 4.79 Å². The second kappa shape index (κ2) is 8.55. The summed E-state index contributed by atoms with van der Waals surface area (Å²) in [6, 6.07) is 9.97. The summed E-state index contributed by atoms with van der Waals surface area (Å²) in [4.78, 5) is 11.7. The summed E-state index contributed by atoms with van der Waals surface area (Å²) in [6.07, 6.45) is 1.43. The second-order valence-corrected chi connectivity index (χ2v) is 6.46. The van der Waals surface area contributed by atoms with Crippen molar-refractivity contribution in [1.82, 2.24) is 5.43 Å². The van der Waals surface area contributed by atoms with Gasteiger partial charge >= 0.3 is 0 Å². The molecule has 8 heteroatoms. The minimum absolute atomic E-state index is 0.189. The highest BCUT2D eigenvalue weighted by molar-refractivity contribution is 9.10. The normalized spacial score (nSPS) is 10.8. The van der Waals surface area contributed by atoms with Crippen LogP contribution >= 0.6 is 50.7 Å². The average molecular weight is 437 g/mol. The third-order valence-electron chi connectivity index (χ3n) is 2.61. The van der Waals surface area contributed by atoms with Crippen molar-refractivity contribution in [2.75, 3.05) is 6.61 Å². The van der Waals surface area contributed by atoms with E-state index in [1.165, 1.54) is 6.21 Å². The molecule has 0 saturated heterocycles. The van der Waals surface area contributed by atoms with E-state index in [2.05, 4.69) is 26.5 Å². The molecular formula is C15H10BrCl3N2O2. The number of benzene rings is 2. The minimum Gasteiger partial charge on any atom is -0.483 e. The molecule has 0 heterocycles. The number of ether oxygens (including phenoxy) is 1. The fourth-order valence-electron chi connectivity index (χ4n) is 1.55. The van der Waals surface area contributed by atoms with E-state index < -0.39 is 5.91 Å². The Morgan fingerprint density at radius 1 is 1.17 bits per heavy atom. The zero-order valence-corrected chi connectivity index (χ0v) is 15.4. The summed E-state index contributed by atoms with van der Waals surface area (Å²) in [5, 5.41) is 5.35. The standard InChI is InChI=1S/C15H10BrCl3N2O2/c16-12-5-10(17)3-4-14(12)23-8-15(22)21-20-7-9-1-2-11(18)6-13(9)19/h1-7H,8H2,(H,21,22). The van der Waals surface area contributed by atoms with Gasteiger partial charge < -0.3 is 4.74 Å². The highest BCUT2D eigenvalue weighted by Gasteiger charge is 2.05. The number of halogens is 4. The molecule has 0 aliphatic rings. The Bertz CT molecular complexity index is 753. The van der Waals surface area contributed by atoms with Gasteiger partial charge in [0.25, 0.3) is 5.91 Å². The van der Waals surface area contributed by atoms with Crippen LogP contribution in [0.15, 0.2) is 46.0 Å². The van der Waals surface area contributed by atoms with Gasteiger partial charge in [0.15, 0.2) is 6.61 Å². The molecule has 0 aliphatic carbocycles.